The van der Waals surface area contributed by atoms with Crippen molar-refractivity contribution in [3.8, 4) is 0 Å². The van der Waals surface area contributed by atoms with E-state index in [1.165, 1.54) is 6.26 Å². The van der Waals surface area contributed by atoms with Crippen LogP contribution in [0.1, 0.15) is 53.5 Å². The number of furan rings is 1. The van der Waals surface area contributed by atoms with Gasteiger partial charge in [0.05, 0.1) is 18.0 Å². The van der Waals surface area contributed by atoms with E-state index in [9.17, 15) is 9.90 Å². The third-order valence-electron chi connectivity index (χ3n) is 5.37. The quantitative estimate of drug-likeness (QED) is 0.872. The highest BCUT2D eigenvalue weighted by Crippen LogP contribution is 2.30. The number of nitrogens with one attached hydrogen (secondary N) is 1. The summed E-state index contributed by atoms with van der Waals surface area (Å²) >= 11 is 0. The summed E-state index contributed by atoms with van der Waals surface area (Å²) in [5.74, 6) is 1.27. The second-order valence-corrected chi connectivity index (χ2v) is 7.08. The first-order chi connectivity index (χ1) is 12.7. The molecule has 7 nitrogen and oxygen atoms in total. The van der Waals surface area contributed by atoms with E-state index < -0.39 is 0 Å². The number of piperidine rings is 1. The number of nitrogens with zero attached hydrogens (tertiary/aromatic N) is 3. The maximum absolute atomic E-state index is 12.3. The summed E-state index contributed by atoms with van der Waals surface area (Å²) in [6.07, 6.45) is 8.08. The monoisotopic (exact) mass is 356 g/mol. The molecule has 0 radical (unpaired) electrons. The van der Waals surface area contributed by atoms with Crippen molar-refractivity contribution in [2.45, 2.75) is 38.1 Å². The van der Waals surface area contributed by atoms with Crippen LogP contribution in [0.2, 0.25) is 0 Å². The lowest BCUT2D eigenvalue weighted by Crippen LogP contribution is -2.36. The van der Waals surface area contributed by atoms with Crippen molar-refractivity contribution in [1.29, 1.82) is 0 Å². The number of amides is 1. The fourth-order valence-electron chi connectivity index (χ4n) is 3.79. The molecule has 1 saturated heterocycles. The van der Waals surface area contributed by atoms with Gasteiger partial charge in [-0.05, 0) is 50.2 Å². The number of fused-ring (bicyclic) bond motifs is 1. The molecular formula is C19H24N4O3. The number of aliphatic hydroxyl groups excluding tert-OH is 1. The van der Waals surface area contributed by atoms with Crippen LogP contribution in [-0.4, -0.2) is 40.7 Å². The fourth-order valence-corrected chi connectivity index (χ4v) is 3.79. The van der Waals surface area contributed by atoms with Gasteiger partial charge >= 0.3 is 0 Å². The highest BCUT2D eigenvalue weighted by atomic mass is 16.3. The van der Waals surface area contributed by atoms with E-state index in [0.29, 0.717) is 11.7 Å². The van der Waals surface area contributed by atoms with Crippen molar-refractivity contribution in [3.05, 3.63) is 41.6 Å². The molecule has 1 aliphatic carbocycles. The molecule has 2 aliphatic rings. The maximum Gasteiger partial charge on any atom is 0.287 e. The Morgan fingerprint density at radius 3 is 2.92 bits per heavy atom. The summed E-state index contributed by atoms with van der Waals surface area (Å²) in [6, 6.07) is 3.29. The first-order valence-corrected chi connectivity index (χ1v) is 9.30. The molecule has 2 aromatic rings. The zero-order chi connectivity index (χ0) is 17.9. The average Bonchev–Trinajstić information content (AvgIpc) is 3.23. The lowest BCUT2D eigenvalue weighted by Gasteiger charge is -2.32. The molecule has 0 aromatic carbocycles. The van der Waals surface area contributed by atoms with Gasteiger partial charge in [0, 0.05) is 31.5 Å². The first kappa shape index (κ1) is 17.0. The van der Waals surface area contributed by atoms with Gasteiger partial charge in [-0.3, -0.25) is 4.79 Å². The van der Waals surface area contributed by atoms with Crippen molar-refractivity contribution in [3.63, 3.8) is 0 Å². The number of hydrogen-bond acceptors (Lipinski definition) is 6. The fraction of sp³-hybridized carbons (Fsp3) is 0.526. The minimum atomic E-state index is -0.206. The van der Waals surface area contributed by atoms with E-state index in [-0.39, 0.29) is 18.6 Å². The van der Waals surface area contributed by atoms with Gasteiger partial charge in [-0.25, -0.2) is 9.97 Å². The number of carbonyl (C=O) groups excluding carboxylic acids is 1. The zero-order valence-electron chi connectivity index (χ0n) is 14.7. The Kier molecular flexibility index (Phi) is 4.88. The Morgan fingerprint density at radius 2 is 2.19 bits per heavy atom. The van der Waals surface area contributed by atoms with Crippen LogP contribution >= 0.6 is 0 Å². The van der Waals surface area contributed by atoms with Crippen LogP contribution in [0.25, 0.3) is 0 Å². The van der Waals surface area contributed by atoms with Gasteiger partial charge in [-0.1, -0.05) is 0 Å². The highest BCUT2D eigenvalue weighted by Gasteiger charge is 2.27. The molecule has 4 rings (SSSR count). The minimum Gasteiger partial charge on any atom is -0.459 e. The second-order valence-electron chi connectivity index (χ2n) is 7.08. The zero-order valence-corrected chi connectivity index (χ0v) is 14.7. The molecule has 1 aliphatic heterocycles. The topological polar surface area (TPSA) is 91.5 Å². The number of hydrogen-bond donors (Lipinski definition) is 2. The normalized spacial score (nSPS) is 20.7. The van der Waals surface area contributed by atoms with Gasteiger partial charge in [0.2, 0.25) is 5.95 Å². The van der Waals surface area contributed by atoms with E-state index >= 15 is 0 Å². The number of aromatic nitrogens is 2. The van der Waals surface area contributed by atoms with Crippen LogP contribution in [-0.2, 0) is 6.42 Å². The van der Waals surface area contributed by atoms with Gasteiger partial charge in [-0.2, -0.15) is 0 Å². The molecule has 3 heterocycles. The molecular weight excluding hydrogens is 332 g/mol. The molecule has 0 spiro atoms. The summed E-state index contributed by atoms with van der Waals surface area (Å²) in [4.78, 5) is 23.8. The molecule has 0 saturated carbocycles. The van der Waals surface area contributed by atoms with Gasteiger partial charge in [-0.15, -0.1) is 0 Å². The van der Waals surface area contributed by atoms with Crippen molar-refractivity contribution in [2.24, 2.45) is 5.92 Å². The smallest absolute Gasteiger partial charge is 0.287 e. The van der Waals surface area contributed by atoms with Crippen molar-refractivity contribution < 1.29 is 14.3 Å². The SMILES string of the molecule is O=C(NC1CCCc2nc(N3CCC(CO)CC3)ncc21)c1ccco1. The van der Waals surface area contributed by atoms with Crippen molar-refractivity contribution in [2.75, 3.05) is 24.6 Å². The summed E-state index contributed by atoms with van der Waals surface area (Å²) in [5.41, 5.74) is 2.03. The molecule has 0 bridgehead atoms. The molecule has 2 N–H and O–H groups in total. The van der Waals surface area contributed by atoms with E-state index in [1.54, 1.807) is 12.1 Å². The van der Waals surface area contributed by atoms with Crippen molar-refractivity contribution >= 4 is 11.9 Å². The number of anilines is 1. The van der Waals surface area contributed by atoms with Gasteiger partial charge < -0.3 is 19.7 Å². The van der Waals surface area contributed by atoms with Gasteiger partial charge in [0.15, 0.2) is 5.76 Å². The average molecular weight is 356 g/mol. The Morgan fingerprint density at radius 1 is 1.35 bits per heavy atom. The van der Waals surface area contributed by atoms with Crippen LogP contribution in [0.4, 0.5) is 5.95 Å². The first-order valence-electron chi connectivity index (χ1n) is 9.30. The molecule has 138 valence electrons. The Bertz CT molecular complexity index is 754. The standard InChI is InChI=1S/C19H24N4O3/c24-12-13-6-8-23(9-7-13)19-20-11-14-15(3-1-4-16(14)22-19)21-18(25)17-5-2-10-26-17/h2,5,10-11,13,15,24H,1,3-4,6-9,12H2,(H,21,25). The second kappa shape index (κ2) is 7.45. The molecule has 1 atom stereocenters. The molecule has 1 amide bonds. The van der Waals surface area contributed by atoms with E-state index in [2.05, 4.69) is 15.2 Å². The van der Waals surface area contributed by atoms with Crippen LogP contribution in [0.3, 0.4) is 0 Å². The number of rotatable bonds is 4. The van der Waals surface area contributed by atoms with E-state index in [1.807, 2.05) is 6.20 Å². The number of carbonyl (C=O) groups is 1. The molecule has 1 unspecified atom stereocenters. The molecule has 2 aromatic heterocycles. The summed E-state index contributed by atoms with van der Waals surface area (Å²) < 4.78 is 5.17. The largest absolute Gasteiger partial charge is 0.459 e. The predicted molar refractivity (Wildman–Crippen MR) is 95.9 cm³/mol. The maximum atomic E-state index is 12.3. The lowest BCUT2D eigenvalue weighted by molar-refractivity contribution is 0.0904. The van der Waals surface area contributed by atoms with E-state index in [0.717, 1.165) is 62.4 Å². The third kappa shape index (κ3) is 3.44. The number of aryl methyl sites for hydroxylation is 1. The number of aliphatic hydroxyl groups is 1. The van der Waals surface area contributed by atoms with Crippen LogP contribution in [0.5, 0.6) is 0 Å². The Balaban J connectivity index is 1.48. The predicted octanol–water partition coefficient (Wildman–Crippen LogP) is 2.09. The minimum absolute atomic E-state index is 0.0782. The summed E-state index contributed by atoms with van der Waals surface area (Å²) in [7, 11) is 0. The summed E-state index contributed by atoms with van der Waals surface area (Å²) in [6.45, 7) is 2.02. The Hall–Kier alpha value is -2.41. The molecule has 7 heteroatoms. The lowest BCUT2D eigenvalue weighted by atomic mass is 9.92. The summed E-state index contributed by atoms with van der Waals surface area (Å²) in [5, 5.41) is 12.3. The van der Waals surface area contributed by atoms with Crippen LogP contribution in [0.15, 0.2) is 29.0 Å². The highest BCUT2D eigenvalue weighted by molar-refractivity contribution is 5.91. The van der Waals surface area contributed by atoms with Gasteiger partial charge in [0.1, 0.15) is 0 Å². The Labute approximate surface area is 152 Å². The van der Waals surface area contributed by atoms with Crippen LogP contribution < -0.4 is 10.2 Å². The third-order valence-corrected chi connectivity index (χ3v) is 5.37. The van der Waals surface area contributed by atoms with Crippen LogP contribution in [0, 0.1) is 5.92 Å². The molecule has 26 heavy (non-hydrogen) atoms. The molecule has 1 fully saturated rings. The van der Waals surface area contributed by atoms with E-state index in [4.69, 9.17) is 9.40 Å². The van der Waals surface area contributed by atoms with Gasteiger partial charge in [0.25, 0.3) is 5.91 Å². The van der Waals surface area contributed by atoms with Crippen molar-refractivity contribution in [1.82, 2.24) is 15.3 Å².